The maximum atomic E-state index is 5.70. The van der Waals surface area contributed by atoms with Gasteiger partial charge in [0.1, 0.15) is 4.99 Å². The summed E-state index contributed by atoms with van der Waals surface area (Å²) in [6, 6.07) is 14.8. The smallest absolute Gasteiger partial charge is 0.104 e. The molecule has 3 aromatic rings. The van der Waals surface area contributed by atoms with Crippen LogP contribution in [0.2, 0.25) is 0 Å². The van der Waals surface area contributed by atoms with Gasteiger partial charge in [-0.15, -0.1) is 0 Å². The summed E-state index contributed by atoms with van der Waals surface area (Å²) in [4.78, 5) is 0.444. The van der Waals surface area contributed by atoms with Crippen molar-refractivity contribution in [1.29, 1.82) is 0 Å². The van der Waals surface area contributed by atoms with Crippen LogP contribution < -0.4 is 5.73 Å². The summed E-state index contributed by atoms with van der Waals surface area (Å²) in [5.74, 6) is 0. The van der Waals surface area contributed by atoms with Crippen molar-refractivity contribution in [1.82, 2.24) is 4.57 Å². The molecular weight excluding hydrogens is 276 g/mol. The average molecular weight is 294 g/mol. The molecule has 0 unspecified atom stereocenters. The normalized spacial score (nSPS) is 11.0. The fourth-order valence-electron chi connectivity index (χ4n) is 2.65. The van der Waals surface area contributed by atoms with E-state index >= 15 is 0 Å². The van der Waals surface area contributed by atoms with Crippen LogP contribution in [-0.2, 0) is 6.54 Å². The van der Waals surface area contributed by atoms with Gasteiger partial charge < -0.3 is 10.3 Å². The van der Waals surface area contributed by atoms with Gasteiger partial charge in [0.2, 0.25) is 0 Å². The monoisotopic (exact) mass is 294 g/mol. The average Bonchev–Trinajstić information content (AvgIpc) is 2.85. The fourth-order valence-corrected chi connectivity index (χ4v) is 2.77. The Morgan fingerprint density at radius 3 is 2.67 bits per heavy atom. The van der Waals surface area contributed by atoms with Crippen molar-refractivity contribution in [3.8, 4) is 0 Å². The van der Waals surface area contributed by atoms with E-state index in [0.717, 1.165) is 12.1 Å². The van der Waals surface area contributed by atoms with E-state index in [1.807, 2.05) is 6.07 Å². The molecule has 3 rings (SSSR count). The summed E-state index contributed by atoms with van der Waals surface area (Å²) in [5, 5.41) is 1.17. The number of hydrogen-bond donors (Lipinski definition) is 1. The molecule has 0 aliphatic carbocycles. The van der Waals surface area contributed by atoms with Gasteiger partial charge in [-0.05, 0) is 49.2 Å². The van der Waals surface area contributed by atoms with Crippen molar-refractivity contribution in [2.45, 2.75) is 20.4 Å². The van der Waals surface area contributed by atoms with Gasteiger partial charge in [0.05, 0.1) is 0 Å². The molecule has 0 radical (unpaired) electrons. The molecular formula is C18H18N2S. The first-order valence-corrected chi connectivity index (χ1v) is 7.40. The van der Waals surface area contributed by atoms with Gasteiger partial charge >= 0.3 is 0 Å². The molecule has 0 atom stereocenters. The van der Waals surface area contributed by atoms with Crippen LogP contribution >= 0.6 is 12.2 Å². The number of fused-ring (bicyclic) bond motifs is 1. The van der Waals surface area contributed by atoms with E-state index < -0.39 is 0 Å². The van der Waals surface area contributed by atoms with E-state index in [9.17, 15) is 0 Å². The SMILES string of the molecule is Cc1ccc(C)c(Cn2ccc3cc(C(N)=S)ccc32)c1. The highest BCUT2D eigenvalue weighted by Gasteiger charge is 2.06. The van der Waals surface area contributed by atoms with Crippen LogP contribution in [0.15, 0.2) is 48.7 Å². The Morgan fingerprint density at radius 2 is 1.90 bits per heavy atom. The summed E-state index contributed by atoms with van der Waals surface area (Å²) < 4.78 is 2.26. The van der Waals surface area contributed by atoms with E-state index in [-0.39, 0.29) is 0 Å². The third-order valence-corrected chi connectivity index (χ3v) is 4.14. The summed E-state index contributed by atoms with van der Waals surface area (Å²) in [6.45, 7) is 5.17. The second-order valence-corrected chi connectivity index (χ2v) is 5.95. The molecule has 2 nitrogen and oxygen atoms in total. The molecule has 1 aromatic heterocycles. The van der Waals surface area contributed by atoms with E-state index in [4.69, 9.17) is 18.0 Å². The number of nitrogens with zero attached hydrogens (tertiary/aromatic N) is 1. The Hall–Kier alpha value is -2.13. The maximum Gasteiger partial charge on any atom is 0.104 e. The molecule has 0 aliphatic heterocycles. The second kappa shape index (κ2) is 5.34. The summed E-state index contributed by atoms with van der Waals surface area (Å²) in [7, 11) is 0. The zero-order valence-corrected chi connectivity index (χ0v) is 13.1. The first-order chi connectivity index (χ1) is 10.0. The number of aromatic nitrogens is 1. The highest BCUT2D eigenvalue weighted by Crippen LogP contribution is 2.20. The molecule has 2 aromatic carbocycles. The molecule has 3 heteroatoms. The predicted octanol–water partition coefficient (Wildman–Crippen LogP) is 3.94. The first kappa shape index (κ1) is 13.8. The van der Waals surface area contributed by atoms with E-state index in [2.05, 4.69) is 61.0 Å². The molecule has 0 spiro atoms. The summed E-state index contributed by atoms with van der Waals surface area (Å²) >= 11 is 5.04. The topological polar surface area (TPSA) is 30.9 Å². The van der Waals surface area contributed by atoms with Gasteiger partial charge in [-0.1, -0.05) is 36.0 Å². The van der Waals surface area contributed by atoms with Gasteiger partial charge in [0.15, 0.2) is 0 Å². The largest absolute Gasteiger partial charge is 0.389 e. The number of nitrogens with two attached hydrogens (primary N) is 1. The first-order valence-electron chi connectivity index (χ1n) is 6.99. The van der Waals surface area contributed by atoms with Crippen molar-refractivity contribution in [3.05, 3.63) is 70.9 Å². The zero-order valence-electron chi connectivity index (χ0n) is 12.3. The summed E-state index contributed by atoms with van der Waals surface area (Å²) in [6.07, 6.45) is 2.12. The molecule has 0 amide bonds. The molecule has 21 heavy (non-hydrogen) atoms. The molecule has 2 N–H and O–H groups in total. The zero-order chi connectivity index (χ0) is 15.0. The third-order valence-electron chi connectivity index (χ3n) is 3.90. The van der Waals surface area contributed by atoms with Crippen LogP contribution in [0.4, 0.5) is 0 Å². The highest BCUT2D eigenvalue weighted by atomic mass is 32.1. The second-order valence-electron chi connectivity index (χ2n) is 5.51. The minimum absolute atomic E-state index is 0.444. The predicted molar refractivity (Wildman–Crippen MR) is 92.8 cm³/mol. The molecule has 106 valence electrons. The Kier molecular flexibility index (Phi) is 3.52. The highest BCUT2D eigenvalue weighted by molar-refractivity contribution is 7.80. The van der Waals surface area contributed by atoms with Gasteiger partial charge in [0.25, 0.3) is 0 Å². The molecule has 0 fully saturated rings. The van der Waals surface area contributed by atoms with Crippen LogP contribution in [-0.4, -0.2) is 9.56 Å². The van der Waals surface area contributed by atoms with Gasteiger partial charge in [-0.25, -0.2) is 0 Å². The van der Waals surface area contributed by atoms with Crippen LogP contribution in [0, 0.1) is 13.8 Å². The Morgan fingerprint density at radius 1 is 1.10 bits per heavy atom. The number of aryl methyl sites for hydroxylation is 2. The minimum atomic E-state index is 0.444. The Bertz CT molecular complexity index is 830. The number of thiocarbonyl (C=S) groups is 1. The van der Waals surface area contributed by atoms with Crippen LogP contribution in [0.5, 0.6) is 0 Å². The van der Waals surface area contributed by atoms with E-state index in [1.54, 1.807) is 0 Å². The minimum Gasteiger partial charge on any atom is -0.389 e. The molecule has 0 aliphatic rings. The van der Waals surface area contributed by atoms with Crippen molar-refractivity contribution in [2.24, 2.45) is 5.73 Å². The fraction of sp³-hybridized carbons (Fsp3) is 0.167. The van der Waals surface area contributed by atoms with Gasteiger partial charge in [-0.2, -0.15) is 0 Å². The van der Waals surface area contributed by atoms with Crippen LogP contribution in [0.25, 0.3) is 10.9 Å². The molecule has 0 bridgehead atoms. The lowest BCUT2D eigenvalue weighted by atomic mass is 10.1. The standard InChI is InChI=1S/C18H18N2S/c1-12-3-4-13(2)16(9-12)11-20-8-7-14-10-15(18(19)21)5-6-17(14)20/h3-10H,11H2,1-2H3,(H2,19,21). The van der Waals surface area contributed by atoms with Crippen molar-refractivity contribution < 1.29 is 0 Å². The van der Waals surface area contributed by atoms with Crippen molar-refractivity contribution in [2.75, 3.05) is 0 Å². The molecule has 0 saturated carbocycles. The lowest BCUT2D eigenvalue weighted by Crippen LogP contribution is -2.08. The number of benzene rings is 2. The van der Waals surface area contributed by atoms with E-state index in [1.165, 1.54) is 27.6 Å². The lowest BCUT2D eigenvalue weighted by Gasteiger charge is -2.10. The third kappa shape index (κ3) is 2.69. The van der Waals surface area contributed by atoms with Gasteiger partial charge in [0, 0.05) is 29.2 Å². The summed E-state index contributed by atoms with van der Waals surface area (Å²) in [5.41, 5.74) is 11.8. The number of hydrogen-bond acceptors (Lipinski definition) is 1. The van der Waals surface area contributed by atoms with Crippen molar-refractivity contribution >= 4 is 28.1 Å². The van der Waals surface area contributed by atoms with Crippen LogP contribution in [0.1, 0.15) is 22.3 Å². The Balaban J connectivity index is 2.01. The van der Waals surface area contributed by atoms with Crippen molar-refractivity contribution in [3.63, 3.8) is 0 Å². The van der Waals surface area contributed by atoms with Gasteiger partial charge in [-0.3, -0.25) is 0 Å². The maximum absolute atomic E-state index is 5.70. The Labute approximate surface area is 130 Å². The molecule has 1 heterocycles. The lowest BCUT2D eigenvalue weighted by molar-refractivity contribution is 0.829. The quantitative estimate of drug-likeness (QED) is 0.742. The number of rotatable bonds is 3. The van der Waals surface area contributed by atoms with Crippen LogP contribution in [0.3, 0.4) is 0 Å². The molecule has 0 saturated heterocycles. The van der Waals surface area contributed by atoms with E-state index in [0.29, 0.717) is 4.99 Å².